The number of ether oxygens (including phenoxy) is 1. The van der Waals surface area contributed by atoms with Crippen LogP contribution >= 0.6 is 0 Å². The molecule has 32 heavy (non-hydrogen) atoms. The van der Waals surface area contributed by atoms with Gasteiger partial charge >= 0.3 is 0 Å². The molecule has 2 aliphatic heterocycles. The quantitative estimate of drug-likeness (QED) is 0.578. The molecule has 2 saturated heterocycles. The van der Waals surface area contributed by atoms with Gasteiger partial charge < -0.3 is 4.74 Å². The lowest BCUT2D eigenvalue weighted by molar-refractivity contribution is -0.126. The van der Waals surface area contributed by atoms with Gasteiger partial charge in [-0.3, -0.25) is 14.4 Å². The van der Waals surface area contributed by atoms with Crippen LogP contribution in [-0.4, -0.2) is 25.0 Å². The van der Waals surface area contributed by atoms with Crippen LogP contribution in [0.2, 0.25) is 0 Å². The summed E-state index contributed by atoms with van der Waals surface area (Å²) in [5.41, 5.74) is 4.35. The number of rotatable bonds is 4. The molecule has 3 aromatic carbocycles. The predicted molar refractivity (Wildman–Crippen MR) is 121 cm³/mol. The summed E-state index contributed by atoms with van der Waals surface area (Å²) in [5, 5.41) is 1.69. The molecule has 0 radical (unpaired) electrons. The maximum Gasteiger partial charge on any atom is 0.266 e. The second-order valence-corrected chi connectivity index (χ2v) is 8.22. The van der Waals surface area contributed by atoms with E-state index in [1.807, 2.05) is 86.6 Å². The van der Waals surface area contributed by atoms with Crippen molar-refractivity contribution >= 4 is 23.2 Å². The number of carbonyl (C=O) groups excluding carboxylic acids is 2. The molecule has 6 heteroatoms. The summed E-state index contributed by atoms with van der Waals surface area (Å²) in [5.74, 6) is -0.581. The number of hydrogen-bond donors (Lipinski definition) is 0. The molecule has 0 aromatic heterocycles. The van der Waals surface area contributed by atoms with Gasteiger partial charge in [-0.15, -0.1) is 0 Å². The Balaban J connectivity index is 1.59. The van der Waals surface area contributed by atoms with Gasteiger partial charge in [-0.05, 0) is 66.9 Å². The van der Waals surface area contributed by atoms with Crippen molar-refractivity contribution in [3.63, 3.8) is 0 Å². The maximum atomic E-state index is 13.7. The Hall–Kier alpha value is -3.64. The molecular formula is C26H24N2O4. The Kier molecular flexibility index (Phi) is 4.94. The minimum Gasteiger partial charge on any atom is -0.497 e. The van der Waals surface area contributed by atoms with Gasteiger partial charge in [0.15, 0.2) is 6.10 Å². The Morgan fingerprint density at radius 1 is 0.812 bits per heavy atom. The van der Waals surface area contributed by atoms with Crippen molar-refractivity contribution in [3.05, 3.63) is 89.5 Å². The van der Waals surface area contributed by atoms with Gasteiger partial charge in [-0.1, -0.05) is 36.4 Å². The number of benzene rings is 3. The normalized spacial score (nSPS) is 22.4. The fourth-order valence-corrected chi connectivity index (χ4v) is 4.50. The number of fused-ring (bicyclic) bond motifs is 1. The first-order valence-corrected chi connectivity index (χ1v) is 10.6. The van der Waals surface area contributed by atoms with Crippen LogP contribution in [0.25, 0.3) is 0 Å². The average Bonchev–Trinajstić information content (AvgIpc) is 3.32. The third-order valence-corrected chi connectivity index (χ3v) is 6.31. The second-order valence-electron chi connectivity index (χ2n) is 8.22. The van der Waals surface area contributed by atoms with Crippen molar-refractivity contribution in [2.75, 3.05) is 17.1 Å². The van der Waals surface area contributed by atoms with E-state index in [9.17, 15) is 9.59 Å². The summed E-state index contributed by atoms with van der Waals surface area (Å²) in [6, 6.07) is 22.2. The van der Waals surface area contributed by atoms with E-state index >= 15 is 0 Å². The minimum absolute atomic E-state index is 0.255. The highest BCUT2D eigenvalue weighted by Gasteiger charge is 2.60. The molecular weight excluding hydrogens is 404 g/mol. The number of anilines is 2. The molecule has 0 bridgehead atoms. The summed E-state index contributed by atoms with van der Waals surface area (Å²) in [7, 11) is 1.60. The molecule has 6 nitrogen and oxygen atoms in total. The topological polar surface area (TPSA) is 59.1 Å². The number of hydroxylamine groups is 1. The number of imide groups is 1. The lowest BCUT2D eigenvalue weighted by atomic mass is 9.90. The van der Waals surface area contributed by atoms with Crippen LogP contribution in [0.3, 0.4) is 0 Å². The number of amides is 2. The molecule has 3 atom stereocenters. The highest BCUT2D eigenvalue weighted by molar-refractivity contribution is 6.24. The summed E-state index contributed by atoms with van der Waals surface area (Å²) in [6.07, 6.45) is -0.888. The maximum absolute atomic E-state index is 13.7. The smallest absolute Gasteiger partial charge is 0.266 e. The number of para-hydroxylation sites is 1. The summed E-state index contributed by atoms with van der Waals surface area (Å²) in [4.78, 5) is 34.5. The van der Waals surface area contributed by atoms with Crippen LogP contribution in [0.15, 0.2) is 72.8 Å². The van der Waals surface area contributed by atoms with E-state index in [1.165, 1.54) is 4.90 Å². The molecule has 0 unspecified atom stereocenters. The molecule has 2 amide bonds. The van der Waals surface area contributed by atoms with Crippen LogP contribution in [-0.2, 0) is 14.4 Å². The largest absolute Gasteiger partial charge is 0.497 e. The summed E-state index contributed by atoms with van der Waals surface area (Å²) < 4.78 is 5.41. The second kappa shape index (κ2) is 7.80. The van der Waals surface area contributed by atoms with E-state index in [2.05, 4.69) is 0 Å². The number of methoxy groups -OCH3 is 1. The Labute approximate surface area is 186 Å². The molecule has 162 valence electrons. The third-order valence-electron chi connectivity index (χ3n) is 6.31. The van der Waals surface area contributed by atoms with E-state index in [1.54, 1.807) is 12.2 Å². The minimum atomic E-state index is -0.888. The standard InChI is InChI=1S/C26H24N2O4/c1-16-12-13-20(14-17(16)2)27-25(29)22-23(18-8-7-11-21(15-18)31-3)28(32-24(22)26(27)30)19-9-5-4-6-10-19/h4-15,22-24H,1-3H3/t22-,23+,24+/m1/s1. The van der Waals surface area contributed by atoms with Crippen LogP contribution in [0.1, 0.15) is 22.7 Å². The highest BCUT2D eigenvalue weighted by Crippen LogP contribution is 2.48. The van der Waals surface area contributed by atoms with Gasteiger partial charge in [0.2, 0.25) is 5.91 Å². The van der Waals surface area contributed by atoms with Gasteiger partial charge in [-0.25, -0.2) is 9.96 Å². The lowest BCUT2D eigenvalue weighted by Gasteiger charge is -2.29. The van der Waals surface area contributed by atoms with E-state index in [4.69, 9.17) is 9.57 Å². The van der Waals surface area contributed by atoms with Crippen molar-refractivity contribution in [2.24, 2.45) is 5.92 Å². The van der Waals surface area contributed by atoms with Gasteiger partial charge in [0.05, 0.1) is 24.5 Å². The zero-order valence-electron chi connectivity index (χ0n) is 18.2. The third kappa shape index (κ3) is 3.15. The Bertz CT molecular complexity index is 1190. The number of aryl methyl sites for hydroxylation is 2. The van der Waals surface area contributed by atoms with E-state index in [0.717, 1.165) is 22.4 Å². The Morgan fingerprint density at radius 2 is 1.59 bits per heavy atom. The Morgan fingerprint density at radius 3 is 2.31 bits per heavy atom. The van der Waals surface area contributed by atoms with E-state index in [-0.39, 0.29) is 11.8 Å². The SMILES string of the molecule is COc1cccc([C@H]2[C@H]3C(=O)N(c4ccc(C)c(C)c4)C(=O)[C@H]3ON2c2ccccc2)c1. The fourth-order valence-electron chi connectivity index (χ4n) is 4.50. The first kappa shape index (κ1) is 20.3. The first-order chi connectivity index (χ1) is 15.5. The molecule has 5 rings (SSSR count). The van der Waals surface area contributed by atoms with Crippen molar-refractivity contribution in [2.45, 2.75) is 26.0 Å². The van der Waals surface area contributed by atoms with Crippen molar-refractivity contribution in [1.82, 2.24) is 0 Å². The predicted octanol–water partition coefficient (Wildman–Crippen LogP) is 4.36. The first-order valence-electron chi connectivity index (χ1n) is 10.6. The number of nitrogens with zero attached hydrogens (tertiary/aromatic N) is 2. The van der Waals surface area contributed by atoms with Crippen LogP contribution in [0.5, 0.6) is 5.75 Å². The monoisotopic (exact) mass is 428 g/mol. The number of carbonyl (C=O) groups is 2. The molecule has 0 N–H and O–H groups in total. The number of hydrogen-bond acceptors (Lipinski definition) is 5. The van der Waals surface area contributed by atoms with Gasteiger partial charge in [0, 0.05) is 0 Å². The average molecular weight is 428 g/mol. The zero-order chi connectivity index (χ0) is 22.4. The van der Waals surface area contributed by atoms with E-state index in [0.29, 0.717) is 11.4 Å². The molecule has 2 fully saturated rings. The fraction of sp³-hybridized carbons (Fsp3) is 0.231. The zero-order valence-corrected chi connectivity index (χ0v) is 18.2. The van der Waals surface area contributed by atoms with Crippen molar-refractivity contribution in [1.29, 1.82) is 0 Å². The molecule has 2 heterocycles. The summed E-state index contributed by atoms with van der Waals surface area (Å²) in [6.45, 7) is 3.97. The van der Waals surface area contributed by atoms with Gasteiger partial charge in [0.1, 0.15) is 11.7 Å². The lowest BCUT2D eigenvalue weighted by Crippen LogP contribution is -2.37. The molecule has 0 spiro atoms. The highest BCUT2D eigenvalue weighted by atomic mass is 16.7. The molecule has 3 aromatic rings. The molecule has 0 aliphatic carbocycles. The van der Waals surface area contributed by atoms with Crippen LogP contribution in [0.4, 0.5) is 11.4 Å². The van der Waals surface area contributed by atoms with Gasteiger partial charge in [-0.2, -0.15) is 0 Å². The van der Waals surface area contributed by atoms with E-state index < -0.39 is 18.1 Å². The van der Waals surface area contributed by atoms with Gasteiger partial charge in [0.25, 0.3) is 5.91 Å². The molecule has 2 aliphatic rings. The van der Waals surface area contributed by atoms with Crippen LogP contribution in [0, 0.1) is 19.8 Å². The van der Waals surface area contributed by atoms with Crippen molar-refractivity contribution < 1.29 is 19.2 Å². The summed E-state index contributed by atoms with van der Waals surface area (Å²) >= 11 is 0. The van der Waals surface area contributed by atoms with Crippen molar-refractivity contribution in [3.8, 4) is 5.75 Å². The molecule has 0 saturated carbocycles. The van der Waals surface area contributed by atoms with Crippen LogP contribution < -0.4 is 14.7 Å².